The minimum atomic E-state index is -0.991. The van der Waals surface area contributed by atoms with E-state index in [4.69, 9.17) is 18.6 Å². The summed E-state index contributed by atoms with van der Waals surface area (Å²) in [5, 5.41) is 0.966. The lowest BCUT2D eigenvalue weighted by molar-refractivity contribution is -0.178. The number of furan rings is 1. The molecule has 2 heterocycles. The number of anilines is 2. The van der Waals surface area contributed by atoms with Gasteiger partial charge >= 0.3 is 11.9 Å². The molecule has 4 bridgehead atoms. The number of ether oxygens (including phenoxy) is 3. The summed E-state index contributed by atoms with van der Waals surface area (Å²) in [6, 6.07) is 16.1. The molecule has 9 rings (SSSR count). The molecule has 1 atom stereocenters. The Morgan fingerprint density at radius 3 is 2.29 bits per heavy atom. The topological polar surface area (TPSA) is 99.0 Å². The normalized spacial score (nSPS) is 30.8. The molecular weight excluding hydrogens is 604 g/mol. The predicted molar refractivity (Wildman–Crippen MR) is 184 cm³/mol. The van der Waals surface area contributed by atoms with Crippen LogP contribution >= 0.6 is 0 Å². The van der Waals surface area contributed by atoms with E-state index in [9.17, 15) is 9.59 Å². The maximum atomic E-state index is 13.7. The third kappa shape index (κ3) is 6.13. The highest BCUT2D eigenvalue weighted by atomic mass is 16.6. The second kappa shape index (κ2) is 12.3. The first-order chi connectivity index (χ1) is 23.2. The van der Waals surface area contributed by atoms with E-state index in [1.807, 2.05) is 36.4 Å². The number of hydrogen-bond acceptors (Lipinski definition) is 8. The Labute approximate surface area is 282 Å². The van der Waals surface area contributed by atoms with Crippen LogP contribution in [-0.2, 0) is 30.2 Å². The molecule has 254 valence electrons. The SMILES string of the molecule is COC[C@@]1(COC(=O)C2(Cc3cc4cc(NNc5ccc(C)cc5)ccc4o3)CCC2)C/C(=C\CC23CC4CC(CC(C4)C2)C3)C(=O)O1. The van der Waals surface area contributed by atoms with Gasteiger partial charge in [0.2, 0.25) is 0 Å². The lowest BCUT2D eigenvalue weighted by Gasteiger charge is -2.56. The third-order valence-corrected chi connectivity index (χ3v) is 12.1. The Bertz CT molecular complexity index is 1680. The van der Waals surface area contributed by atoms with Crippen molar-refractivity contribution in [2.24, 2.45) is 28.6 Å². The lowest BCUT2D eigenvalue weighted by Crippen LogP contribution is -2.46. The number of hydrogen-bond donors (Lipinski definition) is 2. The van der Waals surface area contributed by atoms with Crippen molar-refractivity contribution >= 4 is 34.3 Å². The Balaban J connectivity index is 0.904. The molecule has 5 aliphatic carbocycles. The molecule has 3 aromatic rings. The second-order valence-electron chi connectivity index (χ2n) is 16.0. The van der Waals surface area contributed by atoms with Gasteiger partial charge in [0, 0.05) is 30.9 Å². The molecule has 0 unspecified atom stereocenters. The van der Waals surface area contributed by atoms with Gasteiger partial charge in [0.15, 0.2) is 5.60 Å². The van der Waals surface area contributed by atoms with Crippen LogP contribution in [0.25, 0.3) is 11.0 Å². The predicted octanol–water partition coefficient (Wildman–Crippen LogP) is 8.30. The number of carbonyl (C=O) groups excluding carboxylic acids is 2. The molecule has 0 radical (unpaired) electrons. The van der Waals surface area contributed by atoms with Crippen molar-refractivity contribution < 1.29 is 28.2 Å². The van der Waals surface area contributed by atoms with Gasteiger partial charge in [0.05, 0.1) is 23.4 Å². The monoisotopic (exact) mass is 652 g/mol. The Morgan fingerprint density at radius 1 is 0.938 bits per heavy atom. The fourth-order valence-electron chi connectivity index (χ4n) is 10.0. The number of methoxy groups -OCH3 is 1. The molecule has 48 heavy (non-hydrogen) atoms. The summed E-state index contributed by atoms with van der Waals surface area (Å²) in [6.45, 7) is 2.24. The van der Waals surface area contributed by atoms with Crippen LogP contribution in [0.15, 0.2) is 64.6 Å². The Kier molecular flexibility index (Phi) is 8.05. The van der Waals surface area contributed by atoms with E-state index in [2.05, 4.69) is 36.0 Å². The first-order valence-electron chi connectivity index (χ1n) is 17.9. The molecular formula is C40H48N2O6. The maximum Gasteiger partial charge on any atom is 0.334 e. The van der Waals surface area contributed by atoms with Gasteiger partial charge in [-0.3, -0.25) is 4.79 Å². The summed E-state index contributed by atoms with van der Waals surface area (Å²) >= 11 is 0. The van der Waals surface area contributed by atoms with Gasteiger partial charge in [-0.1, -0.05) is 30.2 Å². The summed E-state index contributed by atoms with van der Waals surface area (Å²) in [4.78, 5) is 26.9. The van der Waals surface area contributed by atoms with Gasteiger partial charge in [-0.2, -0.15) is 0 Å². The van der Waals surface area contributed by atoms with E-state index < -0.39 is 11.0 Å². The number of rotatable bonds is 12. The van der Waals surface area contributed by atoms with E-state index in [0.717, 1.165) is 71.5 Å². The molecule has 0 amide bonds. The molecule has 8 heteroatoms. The summed E-state index contributed by atoms with van der Waals surface area (Å²) in [5.41, 5.74) is 9.79. The van der Waals surface area contributed by atoms with E-state index in [0.29, 0.717) is 23.8 Å². The minimum Gasteiger partial charge on any atom is -0.461 e. The number of allylic oxidation sites excluding steroid dienone is 1. The number of hydrazine groups is 1. The Hall–Kier alpha value is -3.78. The van der Waals surface area contributed by atoms with E-state index in [1.165, 1.54) is 44.1 Å². The third-order valence-electron chi connectivity index (χ3n) is 12.1. The first-order valence-corrected chi connectivity index (χ1v) is 17.9. The number of fused-ring (bicyclic) bond motifs is 1. The molecule has 1 saturated heterocycles. The lowest BCUT2D eigenvalue weighted by atomic mass is 9.49. The maximum absolute atomic E-state index is 13.7. The van der Waals surface area contributed by atoms with Crippen LogP contribution in [0.3, 0.4) is 0 Å². The van der Waals surface area contributed by atoms with Crippen LogP contribution in [0.1, 0.15) is 82.0 Å². The molecule has 5 saturated carbocycles. The molecule has 2 aromatic carbocycles. The smallest absolute Gasteiger partial charge is 0.334 e. The number of nitrogens with one attached hydrogen (secondary N) is 2. The summed E-state index contributed by atoms with van der Waals surface area (Å²) in [7, 11) is 1.60. The average Bonchev–Trinajstić information content (AvgIpc) is 3.59. The van der Waals surface area contributed by atoms with Crippen molar-refractivity contribution in [1.29, 1.82) is 0 Å². The molecule has 8 nitrogen and oxygen atoms in total. The van der Waals surface area contributed by atoms with Gasteiger partial charge < -0.3 is 29.5 Å². The van der Waals surface area contributed by atoms with E-state index in [-0.39, 0.29) is 25.2 Å². The van der Waals surface area contributed by atoms with Crippen LogP contribution in [0.2, 0.25) is 0 Å². The van der Waals surface area contributed by atoms with Crippen molar-refractivity contribution in [2.75, 3.05) is 31.2 Å². The fraction of sp³-hybridized carbons (Fsp3) is 0.550. The van der Waals surface area contributed by atoms with Gasteiger partial charge in [-0.15, -0.1) is 0 Å². The van der Waals surface area contributed by atoms with Crippen LogP contribution in [0, 0.1) is 35.5 Å². The standard InChI is InChI=1S/C40H48N2O6/c1-26-4-6-32(7-5-26)41-42-33-8-9-35-31(17-33)18-34(47-35)23-39(11-3-12-39)37(44)46-25-40(24-45-2)22-30(36(43)48-40)10-13-38-19-27-14-28(20-38)16-29(15-27)21-38/h4-10,17-18,27-29,41-42H,3,11-16,19-25H2,1-2H3/b30-10+/t27?,28?,29?,38?,40-/m1/s1. The number of carbonyl (C=O) groups is 2. The average molecular weight is 653 g/mol. The molecule has 6 aliphatic rings. The minimum absolute atomic E-state index is 0.00892. The van der Waals surface area contributed by atoms with Gasteiger partial charge in [-0.25, -0.2) is 4.79 Å². The number of cyclic esters (lactones) is 1. The summed E-state index contributed by atoms with van der Waals surface area (Å²) < 4.78 is 23.7. The van der Waals surface area contributed by atoms with Crippen molar-refractivity contribution in [1.82, 2.24) is 0 Å². The largest absolute Gasteiger partial charge is 0.461 e. The van der Waals surface area contributed by atoms with Crippen molar-refractivity contribution in [3.05, 3.63) is 71.5 Å². The molecule has 1 aliphatic heterocycles. The quantitative estimate of drug-likeness (QED) is 0.115. The molecule has 0 spiro atoms. The highest BCUT2D eigenvalue weighted by Crippen LogP contribution is 2.61. The zero-order valence-electron chi connectivity index (χ0n) is 28.3. The van der Waals surface area contributed by atoms with E-state index in [1.54, 1.807) is 7.11 Å². The zero-order chi connectivity index (χ0) is 32.9. The van der Waals surface area contributed by atoms with Crippen molar-refractivity contribution in [2.45, 2.75) is 89.6 Å². The highest BCUT2D eigenvalue weighted by Gasteiger charge is 2.52. The van der Waals surface area contributed by atoms with Crippen LogP contribution < -0.4 is 10.9 Å². The number of aryl methyl sites for hydroxylation is 1. The summed E-state index contributed by atoms with van der Waals surface area (Å²) in [5.74, 6) is 2.83. The zero-order valence-corrected chi connectivity index (χ0v) is 28.3. The summed E-state index contributed by atoms with van der Waals surface area (Å²) in [6.07, 6.45) is 14.5. The van der Waals surface area contributed by atoms with Crippen molar-refractivity contribution in [3.63, 3.8) is 0 Å². The van der Waals surface area contributed by atoms with Gasteiger partial charge in [0.25, 0.3) is 0 Å². The Morgan fingerprint density at radius 2 is 1.62 bits per heavy atom. The highest BCUT2D eigenvalue weighted by molar-refractivity contribution is 5.91. The van der Waals surface area contributed by atoms with Crippen LogP contribution in [0.5, 0.6) is 0 Å². The molecule has 6 fully saturated rings. The van der Waals surface area contributed by atoms with Gasteiger partial charge in [0.1, 0.15) is 18.0 Å². The molecule has 2 N–H and O–H groups in total. The number of esters is 2. The molecule has 1 aromatic heterocycles. The number of benzene rings is 2. The first kappa shape index (κ1) is 31.5. The van der Waals surface area contributed by atoms with E-state index >= 15 is 0 Å². The van der Waals surface area contributed by atoms with Crippen LogP contribution in [0.4, 0.5) is 11.4 Å². The van der Waals surface area contributed by atoms with Gasteiger partial charge in [-0.05, 0) is 124 Å². The van der Waals surface area contributed by atoms with Crippen LogP contribution in [-0.4, -0.2) is 37.9 Å². The van der Waals surface area contributed by atoms with Crippen molar-refractivity contribution in [3.8, 4) is 0 Å². The fourth-order valence-corrected chi connectivity index (χ4v) is 10.0. The second-order valence-corrected chi connectivity index (χ2v) is 16.0.